The molecule has 2 N–H and O–H groups in total. The van der Waals surface area contributed by atoms with Gasteiger partial charge in [0.2, 0.25) is 0 Å². The van der Waals surface area contributed by atoms with Crippen LogP contribution in [0.2, 0.25) is 0 Å². The molecule has 6 nitrogen and oxygen atoms in total. The number of benzene rings is 1. The van der Waals surface area contributed by atoms with Crippen molar-refractivity contribution in [2.45, 2.75) is 33.2 Å². The van der Waals surface area contributed by atoms with E-state index in [1.165, 1.54) is 0 Å². The SMILES string of the molecule is Cc1c(C(=O)N[C@@H](c2ccc3c(c2)OCCCO3)C(C)C)n[nH]c1-c1cccs1. The highest BCUT2D eigenvalue weighted by atomic mass is 32.1. The molecule has 0 bridgehead atoms. The molecular weight excluding hydrogens is 386 g/mol. The van der Waals surface area contributed by atoms with E-state index in [0.717, 1.165) is 39.6 Å². The van der Waals surface area contributed by atoms with Crippen LogP contribution in [0, 0.1) is 12.8 Å². The summed E-state index contributed by atoms with van der Waals surface area (Å²) in [6.07, 6.45) is 0.860. The van der Waals surface area contributed by atoms with Crippen molar-refractivity contribution < 1.29 is 14.3 Å². The Balaban J connectivity index is 1.58. The van der Waals surface area contributed by atoms with Gasteiger partial charge in [-0.15, -0.1) is 11.3 Å². The van der Waals surface area contributed by atoms with Crippen molar-refractivity contribution >= 4 is 17.2 Å². The molecule has 7 heteroatoms. The molecule has 0 radical (unpaired) electrons. The lowest BCUT2D eigenvalue weighted by Crippen LogP contribution is -2.32. The highest BCUT2D eigenvalue weighted by Crippen LogP contribution is 2.34. The maximum absolute atomic E-state index is 13.0. The summed E-state index contributed by atoms with van der Waals surface area (Å²) in [6, 6.07) is 9.72. The van der Waals surface area contributed by atoms with E-state index in [1.807, 2.05) is 42.6 Å². The number of amides is 1. The van der Waals surface area contributed by atoms with Crippen LogP contribution in [-0.2, 0) is 0 Å². The first-order valence-electron chi connectivity index (χ1n) is 9.84. The maximum atomic E-state index is 13.0. The van der Waals surface area contributed by atoms with Gasteiger partial charge in [0.15, 0.2) is 17.2 Å². The zero-order valence-electron chi connectivity index (χ0n) is 16.8. The Labute approximate surface area is 174 Å². The fourth-order valence-electron chi connectivity index (χ4n) is 3.50. The van der Waals surface area contributed by atoms with Crippen LogP contribution in [0.25, 0.3) is 10.6 Å². The number of hydrogen-bond acceptors (Lipinski definition) is 5. The number of nitrogens with one attached hydrogen (secondary N) is 2. The Bertz CT molecular complexity index is 995. The third-order valence-corrected chi connectivity index (χ3v) is 5.96. The molecule has 29 heavy (non-hydrogen) atoms. The van der Waals surface area contributed by atoms with Crippen molar-refractivity contribution in [2.75, 3.05) is 13.2 Å². The third kappa shape index (κ3) is 4.00. The first-order chi connectivity index (χ1) is 14.0. The monoisotopic (exact) mass is 411 g/mol. The first-order valence-corrected chi connectivity index (χ1v) is 10.7. The van der Waals surface area contributed by atoms with Gasteiger partial charge in [0.25, 0.3) is 5.91 Å². The standard InChI is InChI=1S/C22H25N3O3S/c1-13(2)19(15-7-8-16-17(12-15)28-10-5-9-27-16)23-22(26)21-14(3)20(24-25-21)18-6-4-11-29-18/h4,6-8,11-13,19H,5,9-10H2,1-3H3,(H,23,26)(H,24,25)/t19-/m1/s1. The molecule has 4 rings (SSSR count). The lowest BCUT2D eigenvalue weighted by Gasteiger charge is -2.23. The highest BCUT2D eigenvalue weighted by Gasteiger charge is 2.24. The zero-order valence-corrected chi connectivity index (χ0v) is 17.6. The summed E-state index contributed by atoms with van der Waals surface area (Å²) in [5.74, 6) is 1.49. The zero-order chi connectivity index (χ0) is 20.4. The molecule has 3 heterocycles. The number of ether oxygens (including phenoxy) is 2. The molecule has 0 unspecified atom stereocenters. The molecule has 1 atom stereocenters. The number of nitrogens with zero attached hydrogens (tertiary/aromatic N) is 1. The Morgan fingerprint density at radius 3 is 2.72 bits per heavy atom. The number of aromatic amines is 1. The fraction of sp³-hybridized carbons (Fsp3) is 0.364. The quantitative estimate of drug-likeness (QED) is 0.636. The highest BCUT2D eigenvalue weighted by molar-refractivity contribution is 7.13. The summed E-state index contributed by atoms with van der Waals surface area (Å²) in [4.78, 5) is 14.1. The molecule has 0 saturated carbocycles. The van der Waals surface area contributed by atoms with E-state index in [0.29, 0.717) is 18.9 Å². The molecule has 0 fully saturated rings. The molecule has 3 aromatic rings. The van der Waals surface area contributed by atoms with E-state index < -0.39 is 0 Å². The third-order valence-electron chi connectivity index (χ3n) is 5.08. The molecular formula is C22H25N3O3S. The van der Waals surface area contributed by atoms with Crippen LogP contribution in [0.4, 0.5) is 0 Å². The predicted molar refractivity (Wildman–Crippen MR) is 114 cm³/mol. The van der Waals surface area contributed by atoms with Gasteiger partial charge >= 0.3 is 0 Å². The van der Waals surface area contributed by atoms with Crippen LogP contribution < -0.4 is 14.8 Å². The largest absolute Gasteiger partial charge is 0.490 e. The minimum atomic E-state index is -0.188. The fourth-order valence-corrected chi connectivity index (χ4v) is 4.27. The summed E-state index contributed by atoms with van der Waals surface area (Å²) in [5, 5.41) is 12.5. The van der Waals surface area contributed by atoms with E-state index >= 15 is 0 Å². The van der Waals surface area contributed by atoms with E-state index in [2.05, 4.69) is 29.4 Å². The van der Waals surface area contributed by atoms with Crippen LogP contribution in [0.5, 0.6) is 11.5 Å². The second kappa shape index (κ2) is 8.29. The van der Waals surface area contributed by atoms with Crippen molar-refractivity contribution in [2.24, 2.45) is 5.92 Å². The predicted octanol–water partition coefficient (Wildman–Crippen LogP) is 4.74. The number of aromatic nitrogens is 2. The molecule has 0 aliphatic carbocycles. The van der Waals surface area contributed by atoms with E-state index in [9.17, 15) is 4.79 Å². The Hall–Kier alpha value is -2.80. The van der Waals surface area contributed by atoms with Crippen molar-refractivity contribution in [3.8, 4) is 22.1 Å². The first kappa shape index (κ1) is 19.5. The second-order valence-electron chi connectivity index (χ2n) is 7.50. The van der Waals surface area contributed by atoms with Crippen LogP contribution in [0.15, 0.2) is 35.7 Å². The van der Waals surface area contributed by atoms with Gasteiger partial charge in [0.05, 0.1) is 29.8 Å². The van der Waals surface area contributed by atoms with Gasteiger partial charge < -0.3 is 14.8 Å². The van der Waals surface area contributed by atoms with Crippen molar-refractivity contribution in [3.05, 3.63) is 52.5 Å². The molecule has 0 spiro atoms. The maximum Gasteiger partial charge on any atom is 0.272 e. The van der Waals surface area contributed by atoms with Crippen LogP contribution >= 0.6 is 11.3 Å². The molecule has 1 amide bonds. The van der Waals surface area contributed by atoms with Crippen molar-refractivity contribution in [3.63, 3.8) is 0 Å². The number of thiophene rings is 1. The van der Waals surface area contributed by atoms with Crippen molar-refractivity contribution in [1.82, 2.24) is 15.5 Å². The minimum Gasteiger partial charge on any atom is -0.490 e. The summed E-state index contributed by atoms with van der Waals surface area (Å²) in [6.45, 7) is 7.38. The van der Waals surface area contributed by atoms with Gasteiger partial charge in [-0.1, -0.05) is 26.0 Å². The van der Waals surface area contributed by atoms with Crippen molar-refractivity contribution in [1.29, 1.82) is 0 Å². The second-order valence-corrected chi connectivity index (χ2v) is 8.45. The smallest absolute Gasteiger partial charge is 0.272 e. The topological polar surface area (TPSA) is 76.2 Å². The molecule has 1 aromatic carbocycles. The lowest BCUT2D eigenvalue weighted by molar-refractivity contribution is 0.0919. The Morgan fingerprint density at radius 2 is 2.00 bits per heavy atom. The van der Waals surface area contributed by atoms with Crippen LogP contribution in [0.3, 0.4) is 0 Å². The van der Waals surface area contributed by atoms with Gasteiger partial charge in [-0.05, 0) is 42.0 Å². The van der Waals surface area contributed by atoms with E-state index in [-0.39, 0.29) is 17.9 Å². The van der Waals surface area contributed by atoms with Gasteiger partial charge in [0, 0.05) is 12.0 Å². The van der Waals surface area contributed by atoms with Gasteiger partial charge in [-0.3, -0.25) is 9.89 Å². The number of H-pyrrole nitrogens is 1. The summed E-state index contributed by atoms with van der Waals surface area (Å²) in [7, 11) is 0. The normalized spacial score (nSPS) is 14.5. The van der Waals surface area contributed by atoms with Crippen LogP contribution in [-0.4, -0.2) is 29.3 Å². The minimum absolute atomic E-state index is 0.166. The summed E-state index contributed by atoms with van der Waals surface area (Å²) >= 11 is 1.62. The number of carbonyl (C=O) groups excluding carboxylic acids is 1. The molecule has 1 aliphatic rings. The van der Waals surface area contributed by atoms with Gasteiger partial charge in [0.1, 0.15) is 0 Å². The van der Waals surface area contributed by atoms with E-state index in [1.54, 1.807) is 11.3 Å². The molecule has 2 aromatic heterocycles. The lowest BCUT2D eigenvalue weighted by atomic mass is 9.95. The molecule has 1 aliphatic heterocycles. The Kier molecular flexibility index (Phi) is 5.58. The van der Waals surface area contributed by atoms with Gasteiger partial charge in [-0.25, -0.2) is 0 Å². The number of hydrogen-bond donors (Lipinski definition) is 2. The summed E-state index contributed by atoms with van der Waals surface area (Å²) < 4.78 is 11.5. The molecule has 0 saturated heterocycles. The average Bonchev–Trinajstić information content (AvgIpc) is 3.29. The number of rotatable bonds is 5. The Morgan fingerprint density at radius 1 is 1.21 bits per heavy atom. The van der Waals surface area contributed by atoms with Crippen LogP contribution in [0.1, 0.15) is 47.9 Å². The van der Waals surface area contributed by atoms with E-state index in [4.69, 9.17) is 9.47 Å². The number of carbonyl (C=O) groups is 1. The number of fused-ring (bicyclic) bond motifs is 1. The molecule has 152 valence electrons. The summed E-state index contributed by atoms with van der Waals surface area (Å²) in [5.41, 5.74) is 3.16. The van der Waals surface area contributed by atoms with Gasteiger partial charge in [-0.2, -0.15) is 5.10 Å². The average molecular weight is 412 g/mol.